The molecule has 0 unspecified atom stereocenters. The summed E-state index contributed by atoms with van der Waals surface area (Å²) < 4.78 is 4.96. The van der Waals surface area contributed by atoms with Crippen LogP contribution in [0.4, 0.5) is 5.82 Å². The van der Waals surface area contributed by atoms with Gasteiger partial charge in [0.15, 0.2) is 5.82 Å². The van der Waals surface area contributed by atoms with E-state index in [4.69, 9.17) is 16.1 Å². The van der Waals surface area contributed by atoms with E-state index in [-0.39, 0.29) is 42.9 Å². The van der Waals surface area contributed by atoms with Crippen molar-refractivity contribution in [1.29, 1.82) is 0 Å². The number of aryl methyl sites for hydroxylation is 1. The van der Waals surface area contributed by atoms with Crippen LogP contribution in [0.25, 0.3) is 0 Å². The Morgan fingerprint density at radius 2 is 1.92 bits per heavy atom. The molecular weight excluding hydrogens is 500 g/mol. The molecule has 2 N–H and O–H groups in total. The van der Waals surface area contributed by atoms with E-state index in [1.807, 2.05) is 38.3 Å². The number of carbonyl (C=O) groups is 3. The lowest BCUT2D eigenvalue weighted by molar-refractivity contribution is -0.142. The first-order chi connectivity index (χ1) is 17.1. The van der Waals surface area contributed by atoms with E-state index in [1.165, 1.54) is 16.2 Å². The molecule has 0 spiro atoms. The van der Waals surface area contributed by atoms with Crippen molar-refractivity contribution in [1.82, 2.24) is 15.4 Å². The van der Waals surface area contributed by atoms with Gasteiger partial charge < -0.3 is 20.1 Å². The monoisotopic (exact) mass is 530 g/mol. The number of thiophene rings is 1. The number of amides is 3. The largest absolute Gasteiger partial charge is 0.360 e. The maximum atomic E-state index is 13.7. The Morgan fingerprint density at radius 1 is 1.17 bits per heavy atom. The molecule has 0 aliphatic rings. The highest BCUT2D eigenvalue weighted by atomic mass is 35.5. The average Bonchev–Trinajstić information content (AvgIpc) is 3.49. The molecule has 0 saturated carbocycles. The molecular formula is C26H31ClN4O4S. The van der Waals surface area contributed by atoms with Crippen molar-refractivity contribution in [2.75, 3.05) is 5.32 Å². The van der Waals surface area contributed by atoms with Crippen molar-refractivity contribution < 1.29 is 18.9 Å². The van der Waals surface area contributed by atoms with E-state index in [1.54, 1.807) is 37.3 Å². The zero-order valence-corrected chi connectivity index (χ0v) is 22.4. The van der Waals surface area contributed by atoms with E-state index in [9.17, 15) is 14.4 Å². The molecule has 36 heavy (non-hydrogen) atoms. The fourth-order valence-corrected chi connectivity index (χ4v) is 4.47. The number of hydrogen-bond acceptors (Lipinski definition) is 6. The van der Waals surface area contributed by atoms with Crippen molar-refractivity contribution in [3.05, 3.63) is 69.1 Å². The predicted octanol–water partition coefficient (Wildman–Crippen LogP) is 5.49. The molecule has 3 aromatic rings. The molecule has 0 fully saturated rings. The van der Waals surface area contributed by atoms with Gasteiger partial charge >= 0.3 is 0 Å². The smallest absolute Gasteiger partial charge is 0.247 e. The number of nitrogens with one attached hydrogen (secondary N) is 2. The molecule has 0 bridgehead atoms. The number of nitrogens with zero attached hydrogens (tertiary/aromatic N) is 2. The van der Waals surface area contributed by atoms with Gasteiger partial charge in [0.25, 0.3) is 0 Å². The van der Waals surface area contributed by atoms with Gasteiger partial charge in [0.2, 0.25) is 17.7 Å². The molecule has 0 radical (unpaired) electrons. The molecule has 3 rings (SSSR count). The first kappa shape index (κ1) is 27.4. The van der Waals surface area contributed by atoms with Crippen LogP contribution in [0.2, 0.25) is 5.02 Å². The van der Waals surface area contributed by atoms with Crippen LogP contribution >= 0.6 is 22.9 Å². The van der Waals surface area contributed by atoms with Gasteiger partial charge in [0, 0.05) is 39.9 Å². The SMILES string of the molecule is CCC(C)(C)NC(=O)[C@@H](c1ccccc1Cl)N(Cc1cccs1)C(=O)CCC(=O)Nc1cc(C)on1. The van der Waals surface area contributed by atoms with E-state index in [0.29, 0.717) is 22.8 Å². The third-order valence-electron chi connectivity index (χ3n) is 5.79. The molecule has 1 aromatic carbocycles. The Morgan fingerprint density at radius 3 is 2.53 bits per heavy atom. The second-order valence-corrected chi connectivity index (χ2v) is 10.6. The zero-order chi connectivity index (χ0) is 26.3. The van der Waals surface area contributed by atoms with Gasteiger partial charge in [-0.2, -0.15) is 0 Å². The number of halogens is 1. The maximum Gasteiger partial charge on any atom is 0.247 e. The summed E-state index contributed by atoms with van der Waals surface area (Å²) in [5, 5.41) is 11.7. The van der Waals surface area contributed by atoms with E-state index in [2.05, 4.69) is 15.8 Å². The molecule has 2 aromatic heterocycles. The van der Waals surface area contributed by atoms with Gasteiger partial charge in [0.1, 0.15) is 11.8 Å². The van der Waals surface area contributed by atoms with Crippen LogP contribution in [0.1, 0.15) is 62.3 Å². The zero-order valence-electron chi connectivity index (χ0n) is 20.8. The Labute approximate surface area is 220 Å². The van der Waals surface area contributed by atoms with Crippen LogP contribution in [-0.2, 0) is 20.9 Å². The lowest BCUT2D eigenvalue weighted by atomic mass is 9.98. The highest BCUT2D eigenvalue weighted by molar-refractivity contribution is 7.09. The fraction of sp³-hybridized carbons (Fsp3) is 0.385. The number of anilines is 1. The molecule has 0 saturated heterocycles. The molecule has 3 amide bonds. The number of aromatic nitrogens is 1. The van der Waals surface area contributed by atoms with Crippen molar-refractivity contribution in [2.24, 2.45) is 0 Å². The first-order valence-electron chi connectivity index (χ1n) is 11.7. The summed E-state index contributed by atoms with van der Waals surface area (Å²) in [6, 6.07) is 11.4. The summed E-state index contributed by atoms with van der Waals surface area (Å²) in [6.45, 7) is 7.76. The molecule has 0 aliphatic heterocycles. The van der Waals surface area contributed by atoms with Crippen LogP contribution < -0.4 is 10.6 Å². The minimum atomic E-state index is -0.972. The lowest BCUT2D eigenvalue weighted by Crippen LogP contribution is -2.50. The molecule has 2 heterocycles. The number of rotatable bonds is 11. The highest BCUT2D eigenvalue weighted by Crippen LogP contribution is 2.31. The summed E-state index contributed by atoms with van der Waals surface area (Å²) in [5.41, 5.74) is 0.0418. The number of hydrogen-bond donors (Lipinski definition) is 2. The maximum absolute atomic E-state index is 13.7. The number of benzene rings is 1. The normalized spacial score (nSPS) is 12.1. The molecule has 8 nitrogen and oxygen atoms in total. The second-order valence-electron chi connectivity index (χ2n) is 9.12. The quantitative estimate of drug-likeness (QED) is 0.341. The summed E-state index contributed by atoms with van der Waals surface area (Å²) in [4.78, 5) is 42.1. The van der Waals surface area contributed by atoms with Crippen molar-refractivity contribution in [3.8, 4) is 0 Å². The van der Waals surface area contributed by atoms with Crippen molar-refractivity contribution in [3.63, 3.8) is 0 Å². The van der Waals surface area contributed by atoms with E-state index < -0.39 is 11.6 Å². The van der Waals surface area contributed by atoms with Crippen LogP contribution in [0.3, 0.4) is 0 Å². The Balaban J connectivity index is 1.89. The third-order valence-corrected chi connectivity index (χ3v) is 7.00. The molecule has 0 aliphatic carbocycles. The Bertz CT molecular complexity index is 1190. The van der Waals surface area contributed by atoms with Crippen LogP contribution in [0, 0.1) is 6.92 Å². The summed E-state index contributed by atoms with van der Waals surface area (Å²) >= 11 is 8.01. The molecule has 192 valence electrons. The summed E-state index contributed by atoms with van der Waals surface area (Å²) in [5.74, 6) is -0.201. The lowest BCUT2D eigenvalue weighted by Gasteiger charge is -2.34. The standard InChI is InChI=1S/C26H31ClN4O4S/c1-5-26(3,4)29-25(34)24(19-10-6-7-11-20(19)27)31(16-18-9-8-14-36-18)23(33)13-12-22(32)28-21-15-17(2)35-30-21/h6-11,14-15,24H,5,12-13,16H2,1-4H3,(H,29,34)(H,28,30,32)/t24-/m1/s1. The first-order valence-corrected chi connectivity index (χ1v) is 13.0. The van der Waals surface area contributed by atoms with Gasteiger partial charge in [-0.1, -0.05) is 47.9 Å². The van der Waals surface area contributed by atoms with Crippen molar-refractivity contribution in [2.45, 2.75) is 65.1 Å². The van der Waals surface area contributed by atoms with Gasteiger partial charge in [-0.3, -0.25) is 14.4 Å². The Kier molecular flexibility index (Phi) is 9.28. The van der Waals surface area contributed by atoms with Crippen LogP contribution in [0.15, 0.2) is 52.4 Å². The van der Waals surface area contributed by atoms with Gasteiger partial charge in [0.05, 0.1) is 6.54 Å². The average molecular weight is 531 g/mol. The van der Waals surface area contributed by atoms with Gasteiger partial charge in [-0.15, -0.1) is 11.3 Å². The van der Waals surface area contributed by atoms with E-state index in [0.717, 1.165) is 4.88 Å². The summed E-state index contributed by atoms with van der Waals surface area (Å²) in [6.07, 6.45) is 0.525. The second kappa shape index (κ2) is 12.2. The van der Waals surface area contributed by atoms with Crippen LogP contribution in [0.5, 0.6) is 0 Å². The topological polar surface area (TPSA) is 105 Å². The minimum Gasteiger partial charge on any atom is -0.360 e. The van der Waals surface area contributed by atoms with Gasteiger partial charge in [-0.05, 0) is 44.7 Å². The highest BCUT2D eigenvalue weighted by Gasteiger charge is 2.35. The van der Waals surface area contributed by atoms with Crippen LogP contribution in [-0.4, -0.2) is 33.3 Å². The predicted molar refractivity (Wildman–Crippen MR) is 141 cm³/mol. The molecule has 10 heteroatoms. The summed E-state index contributed by atoms with van der Waals surface area (Å²) in [7, 11) is 0. The number of carbonyl (C=O) groups excluding carboxylic acids is 3. The van der Waals surface area contributed by atoms with Crippen molar-refractivity contribution >= 4 is 46.5 Å². The third kappa shape index (κ3) is 7.41. The molecule has 1 atom stereocenters. The minimum absolute atomic E-state index is 0.0804. The Hall–Kier alpha value is -3.17. The van der Waals surface area contributed by atoms with E-state index >= 15 is 0 Å². The van der Waals surface area contributed by atoms with Gasteiger partial charge in [-0.25, -0.2) is 0 Å². The fourth-order valence-electron chi connectivity index (χ4n) is 3.53.